The van der Waals surface area contributed by atoms with Crippen LogP contribution in [0, 0.1) is 0 Å². The lowest BCUT2D eigenvalue weighted by Crippen LogP contribution is -2.28. The maximum atomic E-state index is 12.3. The van der Waals surface area contributed by atoms with Gasteiger partial charge >= 0.3 is 0 Å². The predicted molar refractivity (Wildman–Crippen MR) is 78.8 cm³/mol. The standard InChI is InChI=1S/C15H17N3O2/c1-18(13-7-8-17-10-12(13)16)15(19)9-11-5-3-4-6-14(11)20-2/h3-8,10H,9,16H2,1-2H3. The van der Waals surface area contributed by atoms with Crippen molar-refractivity contribution in [3.05, 3.63) is 48.3 Å². The second-order valence-electron chi connectivity index (χ2n) is 4.38. The number of carbonyl (C=O) groups is 1. The van der Waals surface area contributed by atoms with E-state index in [9.17, 15) is 4.79 Å². The van der Waals surface area contributed by atoms with Crippen LogP contribution < -0.4 is 15.4 Å². The van der Waals surface area contributed by atoms with Gasteiger partial charge in [0.2, 0.25) is 5.91 Å². The third-order valence-corrected chi connectivity index (χ3v) is 3.10. The van der Waals surface area contributed by atoms with Crippen molar-refractivity contribution in [2.24, 2.45) is 0 Å². The van der Waals surface area contributed by atoms with Crippen LogP contribution in [0.15, 0.2) is 42.7 Å². The van der Waals surface area contributed by atoms with Gasteiger partial charge in [0.1, 0.15) is 5.75 Å². The summed E-state index contributed by atoms with van der Waals surface area (Å²) >= 11 is 0. The number of nitrogen functional groups attached to an aromatic ring is 1. The predicted octanol–water partition coefficient (Wildman–Crippen LogP) is 1.88. The molecule has 1 heterocycles. The zero-order valence-electron chi connectivity index (χ0n) is 11.5. The summed E-state index contributed by atoms with van der Waals surface area (Å²) < 4.78 is 5.25. The first kappa shape index (κ1) is 13.9. The molecule has 0 aliphatic carbocycles. The van der Waals surface area contributed by atoms with Crippen LogP contribution in [0.4, 0.5) is 11.4 Å². The third kappa shape index (κ3) is 2.88. The molecule has 2 N–H and O–H groups in total. The summed E-state index contributed by atoms with van der Waals surface area (Å²) in [5.41, 5.74) is 7.80. The SMILES string of the molecule is COc1ccccc1CC(=O)N(C)c1ccncc1N. The van der Waals surface area contributed by atoms with Crippen molar-refractivity contribution in [3.8, 4) is 5.75 Å². The average molecular weight is 271 g/mol. The minimum atomic E-state index is -0.0626. The van der Waals surface area contributed by atoms with Gasteiger partial charge in [-0.25, -0.2) is 0 Å². The Balaban J connectivity index is 2.18. The highest BCUT2D eigenvalue weighted by molar-refractivity contribution is 5.97. The smallest absolute Gasteiger partial charge is 0.231 e. The van der Waals surface area contributed by atoms with Gasteiger partial charge < -0.3 is 15.4 Å². The van der Waals surface area contributed by atoms with Gasteiger partial charge in [-0.05, 0) is 12.1 Å². The van der Waals surface area contributed by atoms with Crippen molar-refractivity contribution < 1.29 is 9.53 Å². The molecule has 0 unspecified atom stereocenters. The van der Waals surface area contributed by atoms with Crippen molar-refractivity contribution in [1.82, 2.24) is 4.98 Å². The Bertz CT molecular complexity index is 614. The second kappa shape index (κ2) is 6.06. The highest BCUT2D eigenvalue weighted by Crippen LogP contribution is 2.23. The molecule has 104 valence electrons. The number of anilines is 2. The van der Waals surface area contributed by atoms with Gasteiger partial charge in [0.15, 0.2) is 0 Å². The van der Waals surface area contributed by atoms with Crippen molar-refractivity contribution >= 4 is 17.3 Å². The summed E-state index contributed by atoms with van der Waals surface area (Å²) in [6.07, 6.45) is 3.39. The van der Waals surface area contributed by atoms with Crippen LogP contribution in [0.2, 0.25) is 0 Å². The minimum absolute atomic E-state index is 0.0626. The number of benzene rings is 1. The average Bonchev–Trinajstić information content (AvgIpc) is 2.47. The monoisotopic (exact) mass is 271 g/mol. The molecule has 5 nitrogen and oxygen atoms in total. The number of aromatic nitrogens is 1. The number of likely N-dealkylation sites (N-methyl/N-ethyl adjacent to an activating group) is 1. The van der Waals surface area contributed by atoms with Crippen LogP contribution in [-0.4, -0.2) is 25.0 Å². The molecule has 20 heavy (non-hydrogen) atoms. The summed E-state index contributed by atoms with van der Waals surface area (Å²) in [7, 11) is 3.29. The van der Waals surface area contributed by atoms with Crippen LogP contribution in [0.3, 0.4) is 0 Å². The number of hydrogen-bond donors (Lipinski definition) is 1. The molecule has 0 saturated heterocycles. The Labute approximate surface area is 118 Å². The molecule has 2 rings (SSSR count). The van der Waals surface area contributed by atoms with Crippen molar-refractivity contribution in [3.63, 3.8) is 0 Å². The van der Waals surface area contributed by atoms with E-state index in [1.165, 1.54) is 11.1 Å². The Morgan fingerprint density at radius 3 is 2.80 bits per heavy atom. The molecular formula is C15H17N3O2. The molecule has 5 heteroatoms. The number of nitrogens with two attached hydrogens (primary N) is 1. The van der Waals surface area contributed by atoms with E-state index < -0.39 is 0 Å². The number of pyridine rings is 1. The minimum Gasteiger partial charge on any atom is -0.496 e. The van der Waals surface area contributed by atoms with E-state index in [0.29, 0.717) is 17.1 Å². The first-order valence-corrected chi connectivity index (χ1v) is 6.21. The van der Waals surface area contributed by atoms with E-state index in [1.807, 2.05) is 24.3 Å². The zero-order valence-corrected chi connectivity index (χ0v) is 11.5. The lowest BCUT2D eigenvalue weighted by molar-refractivity contribution is -0.117. The number of amides is 1. The van der Waals surface area contributed by atoms with Crippen LogP contribution in [0.5, 0.6) is 5.75 Å². The van der Waals surface area contributed by atoms with E-state index in [0.717, 1.165) is 5.56 Å². The molecule has 2 aromatic rings. The van der Waals surface area contributed by atoms with Gasteiger partial charge in [-0.3, -0.25) is 9.78 Å². The Hall–Kier alpha value is -2.56. The Morgan fingerprint density at radius 2 is 2.10 bits per heavy atom. The molecule has 1 aromatic carbocycles. The zero-order chi connectivity index (χ0) is 14.5. The normalized spacial score (nSPS) is 10.1. The van der Waals surface area contributed by atoms with Gasteiger partial charge in [-0.15, -0.1) is 0 Å². The van der Waals surface area contributed by atoms with E-state index in [4.69, 9.17) is 10.5 Å². The fourth-order valence-corrected chi connectivity index (χ4v) is 1.97. The number of hydrogen-bond acceptors (Lipinski definition) is 4. The lowest BCUT2D eigenvalue weighted by Gasteiger charge is -2.19. The molecule has 0 aliphatic heterocycles. The number of nitrogens with zero attached hydrogens (tertiary/aromatic N) is 2. The Morgan fingerprint density at radius 1 is 1.35 bits per heavy atom. The largest absolute Gasteiger partial charge is 0.496 e. The molecule has 0 aliphatic rings. The first-order chi connectivity index (χ1) is 9.63. The van der Waals surface area contributed by atoms with E-state index in [2.05, 4.69) is 4.98 Å². The van der Waals surface area contributed by atoms with Crippen LogP contribution in [0.1, 0.15) is 5.56 Å². The van der Waals surface area contributed by atoms with Gasteiger partial charge in [0.25, 0.3) is 0 Å². The fourth-order valence-electron chi connectivity index (χ4n) is 1.97. The summed E-state index contributed by atoms with van der Waals surface area (Å²) in [6.45, 7) is 0. The highest BCUT2D eigenvalue weighted by Gasteiger charge is 2.15. The molecule has 0 atom stereocenters. The highest BCUT2D eigenvalue weighted by atomic mass is 16.5. The molecule has 0 bridgehead atoms. The maximum absolute atomic E-state index is 12.3. The van der Waals surface area contributed by atoms with Crippen LogP contribution in [-0.2, 0) is 11.2 Å². The summed E-state index contributed by atoms with van der Waals surface area (Å²) in [5.74, 6) is 0.643. The quantitative estimate of drug-likeness (QED) is 0.921. The number of ether oxygens (including phenoxy) is 1. The van der Waals surface area contributed by atoms with Crippen molar-refractivity contribution in [2.75, 3.05) is 24.8 Å². The first-order valence-electron chi connectivity index (χ1n) is 6.21. The van der Waals surface area contributed by atoms with Crippen molar-refractivity contribution in [2.45, 2.75) is 6.42 Å². The van der Waals surface area contributed by atoms with E-state index in [-0.39, 0.29) is 12.3 Å². The topological polar surface area (TPSA) is 68.5 Å². The van der Waals surface area contributed by atoms with Crippen LogP contribution >= 0.6 is 0 Å². The lowest BCUT2D eigenvalue weighted by atomic mass is 10.1. The summed E-state index contributed by atoms with van der Waals surface area (Å²) in [5, 5.41) is 0. The molecule has 0 spiro atoms. The Kier molecular flexibility index (Phi) is 4.20. The fraction of sp³-hybridized carbons (Fsp3) is 0.200. The molecule has 0 radical (unpaired) electrons. The van der Waals surface area contributed by atoms with E-state index in [1.54, 1.807) is 26.4 Å². The molecule has 0 saturated carbocycles. The summed E-state index contributed by atoms with van der Waals surface area (Å²) in [4.78, 5) is 17.8. The van der Waals surface area contributed by atoms with E-state index >= 15 is 0 Å². The maximum Gasteiger partial charge on any atom is 0.231 e. The summed E-state index contributed by atoms with van der Waals surface area (Å²) in [6, 6.07) is 9.18. The van der Waals surface area contributed by atoms with Gasteiger partial charge in [-0.1, -0.05) is 18.2 Å². The molecule has 1 amide bonds. The van der Waals surface area contributed by atoms with Gasteiger partial charge in [-0.2, -0.15) is 0 Å². The number of carbonyl (C=O) groups excluding carboxylic acids is 1. The van der Waals surface area contributed by atoms with Gasteiger partial charge in [0, 0.05) is 18.8 Å². The second-order valence-corrected chi connectivity index (χ2v) is 4.38. The van der Waals surface area contributed by atoms with Crippen LogP contribution in [0.25, 0.3) is 0 Å². The molecule has 1 aromatic heterocycles. The van der Waals surface area contributed by atoms with Gasteiger partial charge in [0.05, 0.1) is 31.1 Å². The number of para-hydroxylation sites is 1. The molecule has 0 fully saturated rings. The van der Waals surface area contributed by atoms with Crippen molar-refractivity contribution in [1.29, 1.82) is 0 Å². The number of rotatable bonds is 4. The molecular weight excluding hydrogens is 254 g/mol. The third-order valence-electron chi connectivity index (χ3n) is 3.10. The number of methoxy groups -OCH3 is 1.